The first-order valence-electron chi connectivity index (χ1n) is 7.15. The van der Waals surface area contributed by atoms with E-state index in [1.807, 2.05) is 12.1 Å². The van der Waals surface area contributed by atoms with E-state index in [4.69, 9.17) is 16.3 Å². The smallest absolute Gasteiger partial charge is 0.337 e. The van der Waals surface area contributed by atoms with Crippen LogP contribution in [0.5, 0.6) is 0 Å². The maximum Gasteiger partial charge on any atom is 0.337 e. The summed E-state index contributed by atoms with van der Waals surface area (Å²) < 4.78 is 4.70. The number of fused-ring (bicyclic) bond motifs is 1. The number of methoxy groups -OCH3 is 1. The Hall–Kier alpha value is -2.40. The molecule has 23 heavy (non-hydrogen) atoms. The van der Waals surface area contributed by atoms with Crippen LogP contribution in [-0.4, -0.2) is 28.9 Å². The summed E-state index contributed by atoms with van der Waals surface area (Å²) in [6.07, 6.45) is 1.89. The normalized spacial score (nSPS) is 13.7. The van der Waals surface area contributed by atoms with Crippen LogP contribution < -0.4 is 0 Å². The van der Waals surface area contributed by atoms with E-state index in [0.29, 0.717) is 35.8 Å². The minimum absolute atomic E-state index is 0.0325. The van der Waals surface area contributed by atoms with Gasteiger partial charge >= 0.3 is 5.97 Å². The van der Waals surface area contributed by atoms with Crippen LogP contribution >= 0.6 is 11.6 Å². The van der Waals surface area contributed by atoms with Crippen LogP contribution in [0.1, 0.15) is 27.2 Å². The summed E-state index contributed by atoms with van der Waals surface area (Å²) >= 11 is 6.03. The fourth-order valence-electron chi connectivity index (χ4n) is 2.63. The molecule has 0 spiro atoms. The maximum absolute atomic E-state index is 12.3. The lowest BCUT2D eigenvalue weighted by Crippen LogP contribution is -2.35. The monoisotopic (exact) mass is 330 g/mol. The fourth-order valence-corrected chi connectivity index (χ4v) is 2.83. The standard InChI is InChI=1S/C17H15ClN2O3/c1-23-17(22)12-4-5-19-15(7-12)10-20-9-13-6-14(18)3-2-11(13)8-16(20)21/h2-7H,8-10H2,1H3. The molecule has 2 heterocycles. The Morgan fingerprint density at radius 3 is 2.91 bits per heavy atom. The summed E-state index contributed by atoms with van der Waals surface area (Å²) in [5.74, 6) is -0.388. The molecule has 5 nitrogen and oxygen atoms in total. The number of hydrogen-bond acceptors (Lipinski definition) is 4. The second-order valence-corrected chi connectivity index (χ2v) is 5.80. The molecular formula is C17H15ClN2O3. The summed E-state index contributed by atoms with van der Waals surface area (Å²) in [6, 6.07) is 8.80. The van der Waals surface area contributed by atoms with Gasteiger partial charge < -0.3 is 9.64 Å². The van der Waals surface area contributed by atoms with Gasteiger partial charge in [-0.15, -0.1) is 0 Å². The van der Waals surface area contributed by atoms with Gasteiger partial charge in [-0.1, -0.05) is 17.7 Å². The minimum Gasteiger partial charge on any atom is -0.465 e. The zero-order valence-corrected chi connectivity index (χ0v) is 13.3. The molecular weight excluding hydrogens is 316 g/mol. The van der Waals surface area contributed by atoms with Crippen molar-refractivity contribution < 1.29 is 14.3 Å². The highest BCUT2D eigenvalue weighted by Crippen LogP contribution is 2.24. The van der Waals surface area contributed by atoms with Crippen molar-refractivity contribution in [3.8, 4) is 0 Å². The number of benzene rings is 1. The molecule has 1 aliphatic rings. The Kier molecular flexibility index (Phi) is 4.30. The zero-order valence-electron chi connectivity index (χ0n) is 12.6. The summed E-state index contributed by atoms with van der Waals surface area (Å²) in [5.41, 5.74) is 3.12. The summed E-state index contributed by atoms with van der Waals surface area (Å²) in [5, 5.41) is 0.656. The van der Waals surface area contributed by atoms with Crippen LogP contribution in [0, 0.1) is 0 Å². The van der Waals surface area contributed by atoms with Crippen LogP contribution in [-0.2, 0) is 29.0 Å². The number of ether oxygens (including phenoxy) is 1. The highest BCUT2D eigenvalue weighted by molar-refractivity contribution is 6.30. The number of carbonyl (C=O) groups excluding carboxylic acids is 2. The molecule has 0 fully saturated rings. The second kappa shape index (κ2) is 6.38. The molecule has 1 aliphatic heterocycles. The SMILES string of the molecule is COC(=O)c1ccnc(CN2Cc3cc(Cl)ccc3CC2=O)c1. The van der Waals surface area contributed by atoms with Crippen molar-refractivity contribution >= 4 is 23.5 Å². The van der Waals surface area contributed by atoms with Gasteiger partial charge in [-0.3, -0.25) is 9.78 Å². The molecule has 1 aromatic carbocycles. The van der Waals surface area contributed by atoms with Crippen molar-refractivity contribution in [2.75, 3.05) is 7.11 Å². The summed E-state index contributed by atoms with van der Waals surface area (Å²) in [6.45, 7) is 0.828. The van der Waals surface area contributed by atoms with Gasteiger partial charge in [0, 0.05) is 17.8 Å². The van der Waals surface area contributed by atoms with Crippen molar-refractivity contribution in [1.29, 1.82) is 0 Å². The van der Waals surface area contributed by atoms with E-state index in [9.17, 15) is 9.59 Å². The van der Waals surface area contributed by atoms with Gasteiger partial charge in [0.25, 0.3) is 0 Å². The number of carbonyl (C=O) groups is 2. The number of esters is 1. The number of hydrogen-bond donors (Lipinski definition) is 0. The molecule has 0 bridgehead atoms. The van der Waals surface area contributed by atoms with Gasteiger partial charge in [-0.25, -0.2) is 4.79 Å². The third-order valence-corrected chi connectivity index (χ3v) is 4.05. The molecule has 0 N–H and O–H groups in total. The van der Waals surface area contributed by atoms with E-state index in [1.165, 1.54) is 7.11 Å². The van der Waals surface area contributed by atoms with Crippen LogP contribution in [0.15, 0.2) is 36.5 Å². The Labute approximate surface area is 138 Å². The number of amides is 1. The zero-order chi connectivity index (χ0) is 16.4. The lowest BCUT2D eigenvalue weighted by atomic mass is 9.99. The largest absolute Gasteiger partial charge is 0.465 e. The summed E-state index contributed by atoms with van der Waals surface area (Å²) in [7, 11) is 1.33. The molecule has 0 aliphatic carbocycles. The second-order valence-electron chi connectivity index (χ2n) is 5.37. The number of rotatable bonds is 3. The first kappa shape index (κ1) is 15.5. The predicted octanol–water partition coefficient (Wildman–Crippen LogP) is 2.61. The molecule has 3 rings (SSSR count). The molecule has 0 unspecified atom stereocenters. The number of aromatic nitrogens is 1. The Bertz CT molecular complexity index is 776. The van der Waals surface area contributed by atoms with Crippen LogP contribution in [0.3, 0.4) is 0 Å². The molecule has 0 radical (unpaired) electrons. The first-order valence-corrected chi connectivity index (χ1v) is 7.53. The summed E-state index contributed by atoms with van der Waals surface area (Å²) in [4.78, 5) is 29.8. The van der Waals surface area contributed by atoms with Gasteiger partial charge in [0.15, 0.2) is 0 Å². The van der Waals surface area contributed by atoms with Crippen LogP contribution in [0.4, 0.5) is 0 Å². The van der Waals surface area contributed by atoms with E-state index < -0.39 is 5.97 Å². The Morgan fingerprint density at radius 1 is 1.30 bits per heavy atom. The van der Waals surface area contributed by atoms with E-state index in [-0.39, 0.29) is 5.91 Å². The minimum atomic E-state index is -0.421. The van der Waals surface area contributed by atoms with Crippen molar-refractivity contribution in [3.05, 3.63) is 63.9 Å². The molecule has 1 amide bonds. The average molecular weight is 331 g/mol. The molecule has 0 atom stereocenters. The predicted molar refractivity (Wildman–Crippen MR) is 85.0 cm³/mol. The molecule has 1 aromatic heterocycles. The third-order valence-electron chi connectivity index (χ3n) is 3.81. The fraction of sp³-hybridized carbons (Fsp3) is 0.235. The highest BCUT2D eigenvalue weighted by Gasteiger charge is 2.23. The third kappa shape index (κ3) is 3.35. The van der Waals surface area contributed by atoms with Crippen molar-refractivity contribution in [1.82, 2.24) is 9.88 Å². The average Bonchev–Trinajstić information content (AvgIpc) is 2.55. The van der Waals surface area contributed by atoms with Crippen LogP contribution in [0.25, 0.3) is 0 Å². The van der Waals surface area contributed by atoms with Gasteiger partial charge in [-0.2, -0.15) is 0 Å². The molecule has 0 saturated carbocycles. The van der Waals surface area contributed by atoms with Crippen molar-refractivity contribution in [3.63, 3.8) is 0 Å². The van der Waals surface area contributed by atoms with E-state index in [1.54, 1.807) is 29.3 Å². The van der Waals surface area contributed by atoms with Crippen molar-refractivity contribution in [2.45, 2.75) is 19.5 Å². The molecule has 118 valence electrons. The first-order chi connectivity index (χ1) is 11.1. The number of halogens is 1. The van der Waals surface area contributed by atoms with Gasteiger partial charge in [0.05, 0.1) is 31.3 Å². The molecule has 6 heteroatoms. The van der Waals surface area contributed by atoms with E-state index in [0.717, 1.165) is 11.1 Å². The van der Waals surface area contributed by atoms with Crippen LogP contribution in [0.2, 0.25) is 5.02 Å². The lowest BCUT2D eigenvalue weighted by molar-refractivity contribution is -0.132. The molecule has 0 saturated heterocycles. The molecule has 2 aromatic rings. The van der Waals surface area contributed by atoms with Crippen molar-refractivity contribution in [2.24, 2.45) is 0 Å². The van der Waals surface area contributed by atoms with E-state index in [2.05, 4.69) is 4.98 Å². The quantitative estimate of drug-likeness (QED) is 0.812. The van der Waals surface area contributed by atoms with Gasteiger partial charge in [-0.05, 0) is 35.4 Å². The van der Waals surface area contributed by atoms with Gasteiger partial charge in [0.2, 0.25) is 5.91 Å². The number of pyridine rings is 1. The lowest BCUT2D eigenvalue weighted by Gasteiger charge is -2.28. The Morgan fingerprint density at radius 2 is 2.13 bits per heavy atom. The number of nitrogens with zero attached hydrogens (tertiary/aromatic N) is 2. The maximum atomic E-state index is 12.3. The van der Waals surface area contributed by atoms with E-state index >= 15 is 0 Å². The topological polar surface area (TPSA) is 59.5 Å². The Balaban J connectivity index is 1.81. The highest BCUT2D eigenvalue weighted by atomic mass is 35.5. The van der Waals surface area contributed by atoms with Gasteiger partial charge in [0.1, 0.15) is 0 Å².